The first-order valence-electron chi connectivity index (χ1n) is 5.39. The molecular formula is C12H20N2O2. The summed E-state index contributed by atoms with van der Waals surface area (Å²) in [6.45, 7) is 0.369. The van der Waals surface area contributed by atoms with Gasteiger partial charge in [-0.2, -0.15) is 0 Å². The first-order chi connectivity index (χ1) is 7.56. The van der Waals surface area contributed by atoms with E-state index in [1.165, 1.54) is 0 Å². The molecule has 90 valence electrons. The molecule has 4 nitrogen and oxygen atoms in total. The summed E-state index contributed by atoms with van der Waals surface area (Å²) in [6, 6.07) is 7.46. The second-order valence-corrected chi connectivity index (χ2v) is 4.08. The van der Waals surface area contributed by atoms with Crippen LogP contribution in [0.5, 0.6) is 0 Å². The van der Waals surface area contributed by atoms with Crippen molar-refractivity contribution in [2.45, 2.75) is 18.6 Å². The van der Waals surface area contributed by atoms with Crippen molar-refractivity contribution in [3.8, 4) is 0 Å². The number of aliphatic hydroxyl groups excluding tert-OH is 2. The molecule has 1 aromatic rings. The number of aliphatic hydroxyl groups is 2. The maximum absolute atomic E-state index is 9.83. The van der Waals surface area contributed by atoms with Crippen LogP contribution in [0.25, 0.3) is 0 Å². The van der Waals surface area contributed by atoms with Gasteiger partial charge < -0.3 is 20.8 Å². The van der Waals surface area contributed by atoms with Gasteiger partial charge in [0, 0.05) is 19.8 Å². The number of rotatable bonds is 5. The Hall–Kier alpha value is -1.10. The topological polar surface area (TPSA) is 69.7 Å². The maximum atomic E-state index is 9.83. The average molecular weight is 224 g/mol. The van der Waals surface area contributed by atoms with Crippen molar-refractivity contribution in [1.29, 1.82) is 0 Å². The Morgan fingerprint density at radius 2 is 1.75 bits per heavy atom. The molecule has 1 aromatic carbocycles. The molecule has 4 heteroatoms. The molecule has 0 bridgehead atoms. The van der Waals surface area contributed by atoms with Gasteiger partial charge in [-0.05, 0) is 30.7 Å². The summed E-state index contributed by atoms with van der Waals surface area (Å²) in [5.41, 5.74) is 7.11. The molecule has 0 aromatic heterocycles. The lowest BCUT2D eigenvalue weighted by Crippen LogP contribution is -2.21. The van der Waals surface area contributed by atoms with Crippen LogP contribution >= 0.6 is 0 Å². The minimum absolute atomic E-state index is 0.369. The smallest absolute Gasteiger partial charge is 0.105 e. The van der Waals surface area contributed by atoms with Crippen LogP contribution in [0.4, 0.5) is 5.69 Å². The SMILES string of the molecule is CN(C)c1ccc(C(O)C(O)CCN)cc1. The van der Waals surface area contributed by atoms with Crippen LogP contribution in [-0.4, -0.2) is 37.0 Å². The van der Waals surface area contributed by atoms with E-state index in [9.17, 15) is 10.2 Å². The number of hydrogen-bond donors (Lipinski definition) is 3. The molecule has 0 aliphatic heterocycles. The van der Waals surface area contributed by atoms with Crippen molar-refractivity contribution in [1.82, 2.24) is 0 Å². The summed E-state index contributed by atoms with van der Waals surface area (Å²) >= 11 is 0. The zero-order valence-corrected chi connectivity index (χ0v) is 9.80. The van der Waals surface area contributed by atoms with Crippen molar-refractivity contribution in [2.75, 3.05) is 25.5 Å². The Labute approximate surface area is 96.3 Å². The molecular weight excluding hydrogens is 204 g/mol. The maximum Gasteiger partial charge on any atom is 0.105 e. The molecule has 0 aliphatic rings. The average Bonchev–Trinajstić information content (AvgIpc) is 2.28. The fraction of sp³-hybridized carbons (Fsp3) is 0.500. The summed E-state index contributed by atoms with van der Waals surface area (Å²) in [7, 11) is 3.91. The van der Waals surface area contributed by atoms with Gasteiger partial charge in [-0.3, -0.25) is 0 Å². The van der Waals surface area contributed by atoms with Crippen molar-refractivity contribution < 1.29 is 10.2 Å². The molecule has 0 fully saturated rings. The van der Waals surface area contributed by atoms with Crippen molar-refractivity contribution in [3.05, 3.63) is 29.8 Å². The number of benzene rings is 1. The van der Waals surface area contributed by atoms with Gasteiger partial charge >= 0.3 is 0 Å². The molecule has 2 unspecified atom stereocenters. The minimum atomic E-state index is -0.861. The molecule has 0 heterocycles. The van der Waals surface area contributed by atoms with Gasteiger partial charge in [0.15, 0.2) is 0 Å². The van der Waals surface area contributed by atoms with Gasteiger partial charge in [0.1, 0.15) is 6.10 Å². The normalized spacial score (nSPS) is 14.6. The van der Waals surface area contributed by atoms with Crippen molar-refractivity contribution in [2.24, 2.45) is 5.73 Å². The predicted octanol–water partition coefficient (Wildman–Crippen LogP) is 0.496. The Balaban J connectivity index is 2.73. The molecule has 0 radical (unpaired) electrons. The lowest BCUT2D eigenvalue weighted by atomic mass is 10.0. The van der Waals surface area contributed by atoms with E-state index in [0.717, 1.165) is 5.69 Å². The van der Waals surface area contributed by atoms with E-state index in [0.29, 0.717) is 18.5 Å². The van der Waals surface area contributed by atoms with Crippen LogP contribution in [0.3, 0.4) is 0 Å². The zero-order valence-electron chi connectivity index (χ0n) is 9.80. The second kappa shape index (κ2) is 5.84. The van der Waals surface area contributed by atoms with Crippen molar-refractivity contribution in [3.63, 3.8) is 0 Å². The molecule has 1 rings (SSSR count). The van der Waals surface area contributed by atoms with Gasteiger partial charge in [0.05, 0.1) is 6.10 Å². The lowest BCUT2D eigenvalue weighted by Gasteiger charge is -2.19. The standard InChI is InChI=1S/C12H20N2O2/c1-14(2)10-5-3-9(4-6-10)12(16)11(15)7-8-13/h3-6,11-12,15-16H,7-8,13H2,1-2H3. The third-order valence-electron chi connectivity index (χ3n) is 2.58. The fourth-order valence-electron chi connectivity index (χ4n) is 1.52. The number of nitrogens with two attached hydrogens (primary N) is 1. The van der Waals surface area contributed by atoms with E-state index < -0.39 is 12.2 Å². The quantitative estimate of drug-likeness (QED) is 0.681. The molecule has 0 aliphatic carbocycles. The first-order valence-corrected chi connectivity index (χ1v) is 5.39. The number of hydrogen-bond acceptors (Lipinski definition) is 4. The van der Waals surface area contributed by atoms with Gasteiger partial charge in [0.25, 0.3) is 0 Å². The Bertz CT molecular complexity index is 311. The zero-order chi connectivity index (χ0) is 12.1. The van der Waals surface area contributed by atoms with E-state index in [1.54, 1.807) is 0 Å². The van der Waals surface area contributed by atoms with Crippen LogP contribution in [0, 0.1) is 0 Å². The molecule has 16 heavy (non-hydrogen) atoms. The summed E-state index contributed by atoms with van der Waals surface area (Å²) in [5.74, 6) is 0. The molecule has 0 spiro atoms. The molecule has 4 N–H and O–H groups in total. The van der Waals surface area contributed by atoms with Gasteiger partial charge in [-0.25, -0.2) is 0 Å². The Kier molecular flexibility index (Phi) is 4.73. The Morgan fingerprint density at radius 1 is 1.19 bits per heavy atom. The first kappa shape index (κ1) is 13.0. The van der Waals surface area contributed by atoms with E-state index in [4.69, 9.17) is 5.73 Å². The minimum Gasteiger partial charge on any atom is -0.390 e. The molecule has 2 atom stereocenters. The monoisotopic (exact) mass is 224 g/mol. The van der Waals surface area contributed by atoms with Gasteiger partial charge in [0.2, 0.25) is 0 Å². The van der Waals surface area contributed by atoms with Gasteiger partial charge in [-0.15, -0.1) is 0 Å². The second-order valence-electron chi connectivity index (χ2n) is 4.08. The highest BCUT2D eigenvalue weighted by atomic mass is 16.3. The molecule has 0 saturated carbocycles. The largest absolute Gasteiger partial charge is 0.390 e. The molecule has 0 amide bonds. The number of anilines is 1. The Morgan fingerprint density at radius 3 is 2.19 bits per heavy atom. The van der Waals surface area contributed by atoms with E-state index in [1.807, 2.05) is 43.3 Å². The van der Waals surface area contributed by atoms with Gasteiger partial charge in [-0.1, -0.05) is 12.1 Å². The highest BCUT2D eigenvalue weighted by Crippen LogP contribution is 2.21. The third kappa shape index (κ3) is 3.20. The van der Waals surface area contributed by atoms with E-state index in [2.05, 4.69) is 0 Å². The van der Waals surface area contributed by atoms with Crippen LogP contribution < -0.4 is 10.6 Å². The fourth-order valence-corrected chi connectivity index (χ4v) is 1.52. The number of nitrogens with zero attached hydrogens (tertiary/aromatic N) is 1. The summed E-state index contributed by atoms with van der Waals surface area (Å²) in [5, 5.41) is 19.4. The summed E-state index contributed by atoms with van der Waals surface area (Å²) in [6.07, 6.45) is -1.26. The lowest BCUT2D eigenvalue weighted by molar-refractivity contribution is 0.0150. The highest BCUT2D eigenvalue weighted by molar-refractivity contribution is 5.46. The summed E-state index contributed by atoms with van der Waals surface area (Å²) < 4.78 is 0. The van der Waals surface area contributed by atoms with E-state index >= 15 is 0 Å². The predicted molar refractivity (Wildman–Crippen MR) is 65.4 cm³/mol. The highest BCUT2D eigenvalue weighted by Gasteiger charge is 2.17. The van der Waals surface area contributed by atoms with Crippen LogP contribution in [-0.2, 0) is 0 Å². The van der Waals surface area contributed by atoms with E-state index in [-0.39, 0.29) is 0 Å². The third-order valence-corrected chi connectivity index (χ3v) is 2.58. The molecule has 0 saturated heterocycles. The van der Waals surface area contributed by atoms with Crippen molar-refractivity contribution >= 4 is 5.69 Å². The van der Waals surface area contributed by atoms with Crippen LogP contribution in [0.2, 0.25) is 0 Å². The summed E-state index contributed by atoms with van der Waals surface area (Å²) in [4.78, 5) is 1.98. The van der Waals surface area contributed by atoms with Crippen LogP contribution in [0.15, 0.2) is 24.3 Å². The van der Waals surface area contributed by atoms with Crippen LogP contribution in [0.1, 0.15) is 18.1 Å².